The van der Waals surface area contributed by atoms with Gasteiger partial charge in [0.25, 0.3) is 0 Å². The van der Waals surface area contributed by atoms with Crippen LogP contribution in [0.5, 0.6) is 5.75 Å². The molecule has 0 radical (unpaired) electrons. The Bertz CT molecular complexity index is 920. The fraction of sp³-hybridized carbons (Fsp3) is 0.211. The Labute approximate surface area is 163 Å². The van der Waals surface area contributed by atoms with Crippen LogP contribution < -0.4 is 15.8 Å². The molecule has 1 heterocycles. The van der Waals surface area contributed by atoms with Gasteiger partial charge < -0.3 is 15.8 Å². The van der Waals surface area contributed by atoms with Crippen molar-refractivity contribution in [3.05, 3.63) is 64.9 Å². The summed E-state index contributed by atoms with van der Waals surface area (Å²) in [6.45, 7) is 1.17. The Balaban J connectivity index is 1.74. The first kappa shape index (κ1) is 18.9. The van der Waals surface area contributed by atoms with Crippen molar-refractivity contribution in [2.24, 2.45) is 0 Å². The molecule has 8 heteroatoms. The Hall–Kier alpha value is -2.90. The maximum Gasteiger partial charge on any atom is 0.232 e. The predicted octanol–water partition coefficient (Wildman–Crippen LogP) is 3.49. The number of benzene rings is 2. The highest BCUT2D eigenvalue weighted by molar-refractivity contribution is 6.31. The highest BCUT2D eigenvalue weighted by Gasteiger charge is 2.11. The Morgan fingerprint density at radius 1 is 1.04 bits per heavy atom. The first-order chi connectivity index (χ1) is 13.0. The summed E-state index contributed by atoms with van der Waals surface area (Å²) in [5.41, 5.74) is 7.65. The molecule has 2 aromatic carbocycles. The maximum atomic E-state index is 6.23. The Kier molecular flexibility index (Phi) is 6.05. The van der Waals surface area contributed by atoms with Crippen molar-refractivity contribution in [1.82, 2.24) is 19.9 Å². The average Bonchev–Trinajstić information content (AvgIpc) is 2.63. The van der Waals surface area contributed by atoms with Gasteiger partial charge in [-0.05, 0) is 30.8 Å². The monoisotopic (exact) mass is 384 g/mol. The van der Waals surface area contributed by atoms with Gasteiger partial charge in [0.2, 0.25) is 11.9 Å². The second kappa shape index (κ2) is 8.66. The molecule has 0 saturated heterocycles. The van der Waals surface area contributed by atoms with Gasteiger partial charge in [0.1, 0.15) is 11.6 Å². The van der Waals surface area contributed by atoms with Crippen LogP contribution in [-0.2, 0) is 13.1 Å². The van der Waals surface area contributed by atoms with Gasteiger partial charge >= 0.3 is 0 Å². The molecule has 140 valence electrons. The molecule has 0 aliphatic heterocycles. The maximum absolute atomic E-state index is 6.23. The number of nitrogen functional groups attached to an aromatic ring is 1. The molecule has 0 unspecified atom stereocenters. The third-order valence-electron chi connectivity index (χ3n) is 3.86. The smallest absolute Gasteiger partial charge is 0.232 e. The molecule has 27 heavy (non-hydrogen) atoms. The van der Waals surface area contributed by atoms with Gasteiger partial charge in [-0.2, -0.15) is 15.0 Å². The SMILES string of the molecule is COc1ccccc1Nc1nc(N)nc(CN(C)Cc2ccccc2Cl)n1. The van der Waals surface area contributed by atoms with Crippen LogP contribution >= 0.6 is 11.6 Å². The molecule has 0 spiro atoms. The number of nitrogens with zero attached hydrogens (tertiary/aromatic N) is 4. The van der Waals surface area contributed by atoms with Crippen LogP contribution in [0.4, 0.5) is 17.6 Å². The summed E-state index contributed by atoms with van der Waals surface area (Å²) in [5, 5.41) is 3.86. The molecule has 0 atom stereocenters. The third-order valence-corrected chi connectivity index (χ3v) is 4.23. The number of nitrogens with two attached hydrogens (primary N) is 1. The largest absolute Gasteiger partial charge is 0.495 e. The number of nitrogens with one attached hydrogen (secondary N) is 1. The van der Waals surface area contributed by atoms with Crippen molar-refractivity contribution in [3.63, 3.8) is 0 Å². The van der Waals surface area contributed by atoms with Crippen LogP contribution in [0, 0.1) is 0 Å². The zero-order chi connectivity index (χ0) is 19.2. The van der Waals surface area contributed by atoms with Gasteiger partial charge in [0, 0.05) is 11.6 Å². The first-order valence-corrected chi connectivity index (χ1v) is 8.75. The van der Waals surface area contributed by atoms with Crippen LogP contribution in [0.1, 0.15) is 11.4 Å². The minimum atomic E-state index is 0.156. The number of para-hydroxylation sites is 2. The zero-order valence-corrected chi connectivity index (χ0v) is 15.9. The molecule has 0 amide bonds. The summed E-state index contributed by atoms with van der Waals surface area (Å²) in [6.07, 6.45) is 0. The summed E-state index contributed by atoms with van der Waals surface area (Å²) < 4.78 is 5.33. The van der Waals surface area contributed by atoms with Crippen molar-refractivity contribution in [2.75, 3.05) is 25.2 Å². The van der Waals surface area contributed by atoms with Crippen LogP contribution in [0.2, 0.25) is 5.02 Å². The molecule has 3 rings (SSSR count). The van der Waals surface area contributed by atoms with E-state index in [1.165, 1.54) is 0 Å². The molecule has 3 N–H and O–H groups in total. The lowest BCUT2D eigenvalue weighted by Crippen LogP contribution is -2.20. The fourth-order valence-electron chi connectivity index (χ4n) is 2.65. The summed E-state index contributed by atoms with van der Waals surface area (Å²) in [6, 6.07) is 15.3. The zero-order valence-electron chi connectivity index (χ0n) is 15.2. The molecule has 0 aliphatic carbocycles. The molecule has 3 aromatic rings. The number of ether oxygens (including phenoxy) is 1. The van der Waals surface area contributed by atoms with Crippen molar-refractivity contribution in [2.45, 2.75) is 13.1 Å². The molecule has 0 bridgehead atoms. The highest BCUT2D eigenvalue weighted by atomic mass is 35.5. The number of aromatic nitrogens is 3. The van der Waals surface area contributed by atoms with Crippen molar-refractivity contribution < 1.29 is 4.74 Å². The Morgan fingerprint density at radius 3 is 2.56 bits per heavy atom. The molecule has 7 nitrogen and oxygen atoms in total. The second-order valence-corrected chi connectivity index (χ2v) is 6.43. The highest BCUT2D eigenvalue weighted by Crippen LogP contribution is 2.25. The quantitative estimate of drug-likeness (QED) is 0.644. The molecule has 0 saturated carbocycles. The summed E-state index contributed by atoms with van der Waals surface area (Å²) >= 11 is 6.23. The third kappa shape index (κ3) is 5.06. The lowest BCUT2D eigenvalue weighted by atomic mass is 10.2. The van der Waals surface area contributed by atoms with Gasteiger partial charge in [-0.3, -0.25) is 4.90 Å². The van der Waals surface area contributed by atoms with E-state index >= 15 is 0 Å². The summed E-state index contributed by atoms with van der Waals surface area (Å²) in [4.78, 5) is 14.9. The standard InChI is InChI=1S/C19H21ClN6O/c1-26(11-13-7-3-4-8-14(13)20)12-17-23-18(21)25-19(24-17)22-15-9-5-6-10-16(15)27-2/h3-10H,11-12H2,1-2H3,(H3,21,22,23,24,25). The molecular weight excluding hydrogens is 364 g/mol. The number of hydrogen-bond donors (Lipinski definition) is 2. The lowest BCUT2D eigenvalue weighted by Gasteiger charge is -2.17. The Morgan fingerprint density at radius 2 is 1.78 bits per heavy atom. The normalized spacial score (nSPS) is 10.8. The van der Waals surface area contributed by atoms with E-state index in [0.717, 1.165) is 16.3 Å². The summed E-state index contributed by atoms with van der Waals surface area (Å²) in [5.74, 6) is 1.78. The fourth-order valence-corrected chi connectivity index (χ4v) is 2.84. The van der Waals surface area contributed by atoms with Gasteiger partial charge in [-0.15, -0.1) is 0 Å². The molecular formula is C19H21ClN6O. The average molecular weight is 385 g/mol. The van der Waals surface area contributed by atoms with E-state index in [2.05, 4.69) is 25.2 Å². The van der Waals surface area contributed by atoms with Crippen molar-refractivity contribution >= 4 is 29.2 Å². The second-order valence-electron chi connectivity index (χ2n) is 6.02. The van der Waals surface area contributed by atoms with E-state index in [1.54, 1.807) is 7.11 Å². The van der Waals surface area contributed by atoms with Crippen molar-refractivity contribution in [3.8, 4) is 5.75 Å². The van der Waals surface area contributed by atoms with E-state index in [9.17, 15) is 0 Å². The topological polar surface area (TPSA) is 89.2 Å². The minimum Gasteiger partial charge on any atom is -0.495 e. The van der Waals surface area contributed by atoms with Gasteiger partial charge in [-0.25, -0.2) is 0 Å². The predicted molar refractivity (Wildman–Crippen MR) is 107 cm³/mol. The van der Waals surface area contributed by atoms with E-state index < -0.39 is 0 Å². The molecule has 0 aliphatic rings. The van der Waals surface area contributed by atoms with Crippen LogP contribution in [0.15, 0.2) is 48.5 Å². The first-order valence-electron chi connectivity index (χ1n) is 8.37. The molecule has 1 aromatic heterocycles. The van der Waals surface area contributed by atoms with Crippen LogP contribution in [0.25, 0.3) is 0 Å². The van der Waals surface area contributed by atoms with Crippen LogP contribution in [-0.4, -0.2) is 34.0 Å². The molecule has 0 fully saturated rings. The van der Waals surface area contributed by atoms with Crippen LogP contribution in [0.3, 0.4) is 0 Å². The number of rotatable bonds is 7. The summed E-state index contributed by atoms with van der Waals surface area (Å²) in [7, 11) is 3.58. The van der Waals surface area contributed by atoms with E-state index in [0.29, 0.717) is 30.6 Å². The van der Waals surface area contributed by atoms with Gasteiger partial charge in [-0.1, -0.05) is 41.9 Å². The van der Waals surface area contributed by atoms with Gasteiger partial charge in [0.05, 0.1) is 19.3 Å². The van der Waals surface area contributed by atoms with E-state index in [-0.39, 0.29) is 5.95 Å². The van der Waals surface area contributed by atoms with E-state index in [1.807, 2.05) is 55.6 Å². The number of hydrogen-bond acceptors (Lipinski definition) is 7. The minimum absolute atomic E-state index is 0.156. The number of anilines is 3. The van der Waals surface area contributed by atoms with Gasteiger partial charge in [0.15, 0.2) is 0 Å². The van der Waals surface area contributed by atoms with E-state index in [4.69, 9.17) is 22.1 Å². The number of methoxy groups -OCH3 is 1. The van der Waals surface area contributed by atoms with Crippen molar-refractivity contribution in [1.29, 1.82) is 0 Å². The lowest BCUT2D eigenvalue weighted by molar-refractivity contribution is 0.310. The number of halogens is 1.